The fourth-order valence-electron chi connectivity index (χ4n) is 1.41. The summed E-state index contributed by atoms with van der Waals surface area (Å²) in [5.41, 5.74) is 8.53. The van der Waals surface area contributed by atoms with E-state index in [-0.39, 0.29) is 0 Å². The molecule has 0 amide bonds. The summed E-state index contributed by atoms with van der Waals surface area (Å²) < 4.78 is 1.08. The third-order valence-electron chi connectivity index (χ3n) is 1.96. The van der Waals surface area contributed by atoms with Gasteiger partial charge < -0.3 is 10.7 Å². The molecule has 4 nitrogen and oxygen atoms in total. The molecule has 2 aromatic heterocycles. The molecule has 0 spiro atoms. The Hall–Kier alpha value is -1.62. The fourth-order valence-corrected chi connectivity index (χ4v) is 2.25. The Bertz CT molecular complexity index is 580. The van der Waals surface area contributed by atoms with E-state index in [0.29, 0.717) is 5.13 Å². The maximum absolute atomic E-state index is 5.62. The molecule has 5 heteroatoms. The third-order valence-corrected chi connectivity index (χ3v) is 2.88. The van der Waals surface area contributed by atoms with Crippen LogP contribution >= 0.6 is 11.3 Å². The maximum atomic E-state index is 5.62. The molecule has 0 saturated heterocycles. The zero-order valence-corrected chi connectivity index (χ0v) is 7.43. The van der Waals surface area contributed by atoms with Crippen molar-refractivity contribution in [1.29, 1.82) is 0 Å². The Morgan fingerprint density at radius 3 is 3.08 bits per heavy atom. The molecule has 2 heterocycles. The van der Waals surface area contributed by atoms with Crippen LogP contribution in [0.15, 0.2) is 18.5 Å². The lowest BCUT2D eigenvalue weighted by molar-refractivity contribution is 1.35. The van der Waals surface area contributed by atoms with Crippen LogP contribution in [-0.4, -0.2) is 15.0 Å². The van der Waals surface area contributed by atoms with Crippen LogP contribution in [0.4, 0.5) is 5.13 Å². The Labute approximate surface area is 77.4 Å². The molecular formula is C8H6N4S. The number of nitrogens with one attached hydrogen (secondary N) is 1. The number of rotatable bonds is 0. The zero-order valence-electron chi connectivity index (χ0n) is 6.61. The number of H-pyrrole nitrogens is 1. The normalized spacial score (nSPS) is 11.4. The van der Waals surface area contributed by atoms with Gasteiger partial charge >= 0.3 is 0 Å². The number of hydrogen-bond acceptors (Lipinski definition) is 4. The Morgan fingerprint density at radius 2 is 2.15 bits per heavy atom. The van der Waals surface area contributed by atoms with Gasteiger partial charge in [-0.05, 0) is 12.1 Å². The lowest BCUT2D eigenvalue weighted by atomic mass is 10.3. The quantitative estimate of drug-likeness (QED) is 0.567. The first-order chi connectivity index (χ1) is 6.34. The van der Waals surface area contributed by atoms with Crippen molar-refractivity contribution < 1.29 is 0 Å². The number of benzene rings is 1. The maximum Gasteiger partial charge on any atom is 0.181 e. The second-order valence-electron chi connectivity index (χ2n) is 2.76. The lowest BCUT2D eigenvalue weighted by Gasteiger charge is -1.87. The first kappa shape index (κ1) is 6.85. The van der Waals surface area contributed by atoms with Gasteiger partial charge in [0.05, 0.1) is 27.6 Å². The van der Waals surface area contributed by atoms with Gasteiger partial charge in [0, 0.05) is 0 Å². The smallest absolute Gasteiger partial charge is 0.181 e. The number of anilines is 1. The van der Waals surface area contributed by atoms with Crippen molar-refractivity contribution in [2.75, 3.05) is 5.73 Å². The molecule has 0 aliphatic rings. The molecule has 1 aromatic carbocycles. The van der Waals surface area contributed by atoms with Crippen LogP contribution in [0.25, 0.3) is 21.3 Å². The molecule has 3 rings (SSSR count). The van der Waals surface area contributed by atoms with Crippen molar-refractivity contribution >= 4 is 37.7 Å². The summed E-state index contributed by atoms with van der Waals surface area (Å²) in [5, 5.41) is 0.595. The van der Waals surface area contributed by atoms with E-state index >= 15 is 0 Å². The van der Waals surface area contributed by atoms with Crippen molar-refractivity contribution in [3.63, 3.8) is 0 Å². The minimum Gasteiger partial charge on any atom is -0.375 e. The van der Waals surface area contributed by atoms with Crippen molar-refractivity contribution in [2.45, 2.75) is 0 Å². The van der Waals surface area contributed by atoms with E-state index in [2.05, 4.69) is 15.0 Å². The van der Waals surface area contributed by atoms with Gasteiger partial charge in [0.1, 0.15) is 0 Å². The minimum atomic E-state index is 0.595. The highest BCUT2D eigenvalue weighted by molar-refractivity contribution is 7.22. The highest BCUT2D eigenvalue weighted by atomic mass is 32.1. The van der Waals surface area contributed by atoms with Crippen molar-refractivity contribution in [1.82, 2.24) is 15.0 Å². The summed E-state index contributed by atoms with van der Waals surface area (Å²) in [5.74, 6) is 0. The SMILES string of the molecule is Nc1nc2ccc3nc[nH]c3c2s1. The van der Waals surface area contributed by atoms with Gasteiger partial charge in [-0.1, -0.05) is 11.3 Å². The molecule has 0 bridgehead atoms. The number of nitrogens with two attached hydrogens (primary N) is 1. The fraction of sp³-hybridized carbons (Fsp3) is 0. The predicted octanol–water partition coefficient (Wildman–Crippen LogP) is 1.75. The number of aromatic amines is 1. The first-order valence-corrected chi connectivity index (χ1v) is 4.64. The van der Waals surface area contributed by atoms with Crippen LogP contribution in [0.3, 0.4) is 0 Å². The standard InChI is InChI=1S/C8H6N4S/c9-8-12-5-2-1-4-6(7(5)13-8)11-3-10-4/h1-3H,(H2,9,12)(H,10,11). The van der Waals surface area contributed by atoms with Crippen molar-refractivity contribution in [3.05, 3.63) is 18.5 Å². The van der Waals surface area contributed by atoms with Gasteiger partial charge in [0.15, 0.2) is 5.13 Å². The summed E-state index contributed by atoms with van der Waals surface area (Å²) in [6.45, 7) is 0. The van der Waals surface area contributed by atoms with Crippen LogP contribution in [-0.2, 0) is 0 Å². The molecule has 3 aromatic rings. The predicted molar refractivity (Wildman–Crippen MR) is 53.7 cm³/mol. The number of hydrogen-bond donors (Lipinski definition) is 2. The van der Waals surface area contributed by atoms with Crippen molar-refractivity contribution in [3.8, 4) is 0 Å². The number of imidazole rings is 1. The molecule has 0 saturated carbocycles. The third kappa shape index (κ3) is 0.844. The number of aromatic nitrogens is 3. The molecule has 0 aliphatic heterocycles. The highest BCUT2D eigenvalue weighted by Gasteiger charge is 2.06. The van der Waals surface area contributed by atoms with Crippen LogP contribution in [0.5, 0.6) is 0 Å². The lowest BCUT2D eigenvalue weighted by Crippen LogP contribution is -1.78. The number of nitrogens with zero attached hydrogens (tertiary/aromatic N) is 2. The monoisotopic (exact) mass is 190 g/mol. The van der Waals surface area contributed by atoms with Gasteiger partial charge in [-0.25, -0.2) is 9.97 Å². The van der Waals surface area contributed by atoms with Gasteiger partial charge in [-0.15, -0.1) is 0 Å². The van der Waals surface area contributed by atoms with Gasteiger partial charge in [-0.3, -0.25) is 0 Å². The number of nitrogen functional groups attached to an aromatic ring is 1. The van der Waals surface area contributed by atoms with Gasteiger partial charge in [0.2, 0.25) is 0 Å². The molecule has 0 atom stereocenters. The summed E-state index contributed by atoms with van der Waals surface area (Å²) in [4.78, 5) is 11.4. The van der Waals surface area contributed by atoms with Crippen LogP contribution in [0.1, 0.15) is 0 Å². The molecule has 0 radical (unpaired) electrons. The molecule has 64 valence electrons. The zero-order chi connectivity index (χ0) is 8.84. The summed E-state index contributed by atoms with van der Waals surface area (Å²) >= 11 is 1.48. The van der Waals surface area contributed by atoms with E-state index in [9.17, 15) is 0 Å². The van der Waals surface area contributed by atoms with E-state index in [4.69, 9.17) is 5.73 Å². The molecule has 0 aliphatic carbocycles. The van der Waals surface area contributed by atoms with Crippen LogP contribution in [0.2, 0.25) is 0 Å². The highest BCUT2D eigenvalue weighted by Crippen LogP contribution is 2.29. The Morgan fingerprint density at radius 1 is 1.31 bits per heavy atom. The summed E-state index contributed by atoms with van der Waals surface area (Å²) in [6.07, 6.45) is 1.68. The largest absolute Gasteiger partial charge is 0.375 e. The molecular weight excluding hydrogens is 184 g/mol. The van der Waals surface area contributed by atoms with E-state index in [1.165, 1.54) is 11.3 Å². The topological polar surface area (TPSA) is 67.6 Å². The second-order valence-corrected chi connectivity index (χ2v) is 3.79. The molecule has 0 fully saturated rings. The number of fused-ring (bicyclic) bond motifs is 3. The first-order valence-electron chi connectivity index (χ1n) is 3.83. The van der Waals surface area contributed by atoms with Gasteiger partial charge in [-0.2, -0.15) is 0 Å². The van der Waals surface area contributed by atoms with Crippen LogP contribution in [0, 0.1) is 0 Å². The second kappa shape index (κ2) is 2.20. The van der Waals surface area contributed by atoms with E-state index < -0.39 is 0 Å². The summed E-state index contributed by atoms with van der Waals surface area (Å²) in [7, 11) is 0. The molecule has 3 N–H and O–H groups in total. The van der Waals surface area contributed by atoms with E-state index in [1.807, 2.05) is 12.1 Å². The Kier molecular flexibility index (Phi) is 1.16. The average molecular weight is 190 g/mol. The molecule has 13 heavy (non-hydrogen) atoms. The summed E-state index contributed by atoms with van der Waals surface area (Å²) in [6, 6.07) is 3.87. The van der Waals surface area contributed by atoms with Crippen LogP contribution < -0.4 is 5.73 Å². The van der Waals surface area contributed by atoms with Crippen molar-refractivity contribution in [2.24, 2.45) is 0 Å². The Balaban J connectivity index is 2.64. The van der Waals surface area contributed by atoms with Gasteiger partial charge in [0.25, 0.3) is 0 Å². The molecule has 0 unspecified atom stereocenters. The minimum absolute atomic E-state index is 0.595. The number of thiazole rings is 1. The average Bonchev–Trinajstić information content (AvgIpc) is 2.65. The van der Waals surface area contributed by atoms with E-state index in [0.717, 1.165) is 21.3 Å². The van der Waals surface area contributed by atoms with E-state index in [1.54, 1.807) is 6.33 Å².